The fraction of sp³-hybridized carbons (Fsp3) is 0.500. The lowest BCUT2D eigenvalue weighted by Gasteiger charge is -2.30. The number of aliphatic carboxylic acids is 1. The predicted octanol–water partition coefficient (Wildman–Crippen LogP) is 1.74. The largest absolute Gasteiger partial charge is 0.481 e. The Morgan fingerprint density at radius 3 is 2.57 bits per heavy atom. The lowest BCUT2D eigenvalue weighted by molar-refractivity contribution is -0.140. The minimum absolute atomic E-state index is 0.000256. The van der Waals surface area contributed by atoms with Crippen LogP contribution in [0.5, 0.6) is 0 Å². The van der Waals surface area contributed by atoms with E-state index in [-0.39, 0.29) is 24.0 Å². The van der Waals surface area contributed by atoms with Crippen molar-refractivity contribution in [1.29, 1.82) is 0 Å². The van der Waals surface area contributed by atoms with E-state index >= 15 is 0 Å². The summed E-state index contributed by atoms with van der Waals surface area (Å²) in [4.78, 5) is 22.8. The van der Waals surface area contributed by atoms with Crippen molar-refractivity contribution in [3.05, 3.63) is 35.9 Å². The zero-order valence-electron chi connectivity index (χ0n) is 11.7. The molecule has 0 aromatic heterocycles. The Bertz CT molecular complexity index is 530. The number of carbonyl (C=O) groups excluding carboxylic acids is 1. The molecule has 1 heterocycles. The second-order valence-electron chi connectivity index (χ2n) is 5.79. The van der Waals surface area contributed by atoms with Gasteiger partial charge in [-0.3, -0.25) is 9.59 Å². The van der Waals surface area contributed by atoms with Crippen LogP contribution in [0.2, 0.25) is 0 Å². The quantitative estimate of drug-likeness (QED) is 0.885. The molecule has 1 aliphatic heterocycles. The highest BCUT2D eigenvalue weighted by molar-refractivity contribution is 5.89. The van der Waals surface area contributed by atoms with Gasteiger partial charge >= 0.3 is 5.97 Å². The smallest absolute Gasteiger partial charge is 0.307 e. The van der Waals surface area contributed by atoms with Crippen LogP contribution in [0.25, 0.3) is 0 Å². The van der Waals surface area contributed by atoms with E-state index in [0.717, 1.165) is 18.4 Å². The van der Waals surface area contributed by atoms with Gasteiger partial charge in [-0.25, -0.2) is 0 Å². The number of hydrogen-bond donors (Lipinski definition) is 2. The SMILES string of the molecule is O=C(O)C1CC1C(=O)NC1CCOC(c2ccccc2)C1. The van der Waals surface area contributed by atoms with E-state index in [1.54, 1.807) is 0 Å². The van der Waals surface area contributed by atoms with E-state index < -0.39 is 11.9 Å². The number of carboxylic acids is 1. The number of amides is 1. The summed E-state index contributed by atoms with van der Waals surface area (Å²) in [5, 5.41) is 11.9. The molecule has 4 unspecified atom stereocenters. The Morgan fingerprint density at radius 2 is 1.90 bits per heavy atom. The molecule has 1 aliphatic carbocycles. The Kier molecular flexibility index (Phi) is 3.92. The maximum Gasteiger partial charge on any atom is 0.307 e. The molecule has 112 valence electrons. The van der Waals surface area contributed by atoms with Crippen LogP contribution in [0, 0.1) is 11.8 Å². The maximum atomic E-state index is 12.0. The molecule has 2 aliphatic rings. The lowest BCUT2D eigenvalue weighted by atomic mass is 9.97. The van der Waals surface area contributed by atoms with E-state index in [1.165, 1.54) is 0 Å². The second-order valence-corrected chi connectivity index (χ2v) is 5.79. The fourth-order valence-corrected chi connectivity index (χ4v) is 2.89. The van der Waals surface area contributed by atoms with Gasteiger partial charge in [-0.1, -0.05) is 30.3 Å². The van der Waals surface area contributed by atoms with Gasteiger partial charge in [-0.15, -0.1) is 0 Å². The molecule has 1 saturated carbocycles. The van der Waals surface area contributed by atoms with Gasteiger partial charge in [0.25, 0.3) is 0 Å². The zero-order valence-corrected chi connectivity index (χ0v) is 11.7. The molecule has 4 atom stereocenters. The van der Waals surface area contributed by atoms with E-state index in [0.29, 0.717) is 13.0 Å². The van der Waals surface area contributed by atoms with Crippen molar-refractivity contribution in [1.82, 2.24) is 5.32 Å². The highest BCUT2D eigenvalue weighted by Gasteiger charge is 2.48. The summed E-state index contributed by atoms with van der Waals surface area (Å²) in [6.45, 7) is 0.609. The van der Waals surface area contributed by atoms with E-state index in [4.69, 9.17) is 9.84 Å². The summed E-state index contributed by atoms with van der Waals surface area (Å²) in [5.41, 5.74) is 1.12. The molecule has 1 aromatic carbocycles. The van der Waals surface area contributed by atoms with E-state index in [1.807, 2.05) is 30.3 Å². The molecule has 1 amide bonds. The average molecular weight is 289 g/mol. The molecule has 2 N–H and O–H groups in total. The third-order valence-corrected chi connectivity index (χ3v) is 4.25. The first-order chi connectivity index (χ1) is 10.1. The molecule has 0 spiro atoms. The van der Waals surface area contributed by atoms with Gasteiger partial charge < -0.3 is 15.2 Å². The van der Waals surface area contributed by atoms with Crippen molar-refractivity contribution in [2.75, 3.05) is 6.61 Å². The first kappa shape index (κ1) is 14.1. The van der Waals surface area contributed by atoms with Crippen LogP contribution in [-0.2, 0) is 14.3 Å². The normalized spacial score (nSPS) is 31.4. The first-order valence-electron chi connectivity index (χ1n) is 7.35. The zero-order chi connectivity index (χ0) is 14.8. The monoisotopic (exact) mass is 289 g/mol. The minimum atomic E-state index is -0.871. The molecule has 0 bridgehead atoms. The summed E-state index contributed by atoms with van der Waals surface area (Å²) < 4.78 is 5.77. The lowest BCUT2D eigenvalue weighted by Crippen LogP contribution is -2.41. The molecular formula is C16H19NO4. The third kappa shape index (κ3) is 3.24. The standard InChI is InChI=1S/C16H19NO4/c18-15(12-9-13(12)16(19)20)17-11-6-7-21-14(8-11)10-4-2-1-3-5-10/h1-5,11-14H,6-9H2,(H,17,18)(H,19,20). The molecule has 2 fully saturated rings. The Labute approximate surface area is 123 Å². The van der Waals surface area contributed by atoms with Crippen LogP contribution in [0.15, 0.2) is 30.3 Å². The predicted molar refractivity (Wildman–Crippen MR) is 75.5 cm³/mol. The summed E-state index contributed by atoms with van der Waals surface area (Å²) in [6.07, 6.45) is 1.98. The van der Waals surface area contributed by atoms with Gasteiger partial charge in [0.2, 0.25) is 5.91 Å². The second kappa shape index (κ2) is 5.85. The van der Waals surface area contributed by atoms with Gasteiger partial charge in [0.05, 0.1) is 17.9 Å². The Morgan fingerprint density at radius 1 is 1.14 bits per heavy atom. The van der Waals surface area contributed by atoms with Crippen molar-refractivity contribution in [3.8, 4) is 0 Å². The maximum absolute atomic E-state index is 12.0. The summed E-state index contributed by atoms with van der Waals surface area (Å²) in [6, 6.07) is 10.0. The molecule has 3 rings (SSSR count). The summed E-state index contributed by atoms with van der Waals surface area (Å²) in [5.74, 6) is -1.83. The summed E-state index contributed by atoms with van der Waals surface area (Å²) >= 11 is 0. The average Bonchev–Trinajstić information content (AvgIpc) is 3.29. The number of nitrogens with one attached hydrogen (secondary N) is 1. The number of carboxylic acid groups (broad SMARTS) is 1. The number of benzene rings is 1. The first-order valence-corrected chi connectivity index (χ1v) is 7.35. The minimum Gasteiger partial charge on any atom is -0.481 e. The number of rotatable bonds is 4. The number of carbonyl (C=O) groups is 2. The Hall–Kier alpha value is -1.88. The van der Waals surface area contributed by atoms with E-state index in [9.17, 15) is 9.59 Å². The Balaban J connectivity index is 1.55. The molecule has 1 saturated heterocycles. The number of hydrogen-bond acceptors (Lipinski definition) is 3. The number of ether oxygens (including phenoxy) is 1. The van der Waals surface area contributed by atoms with Gasteiger partial charge in [-0.2, -0.15) is 0 Å². The van der Waals surface area contributed by atoms with Crippen LogP contribution in [-0.4, -0.2) is 29.6 Å². The van der Waals surface area contributed by atoms with Gasteiger partial charge in [-0.05, 0) is 24.8 Å². The molecule has 5 nitrogen and oxygen atoms in total. The van der Waals surface area contributed by atoms with Crippen LogP contribution >= 0.6 is 0 Å². The van der Waals surface area contributed by atoms with Crippen LogP contribution in [0.4, 0.5) is 0 Å². The van der Waals surface area contributed by atoms with Crippen LogP contribution in [0.1, 0.15) is 30.9 Å². The molecular weight excluding hydrogens is 270 g/mol. The van der Waals surface area contributed by atoms with E-state index in [2.05, 4.69) is 5.32 Å². The summed E-state index contributed by atoms with van der Waals surface area (Å²) in [7, 11) is 0. The van der Waals surface area contributed by atoms with Crippen molar-refractivity contribution >= 4 is 11.9 Å². The van der Waals surface area contributed by atoms with Crippen molar-refractivity contribution in [2.45, 2.75) is 31.4 Å². The molecule has 21 heavy (non-hydrogen) atoms. The molecule has 1 aromatic rings. The highest BCUT2D eigenvalue weighted by atomic mass is 16.5. The van der Waals surface area contributed by atoms with Crippen molar-refractivity contribution in [2.24, 2.45) is 11.8 Å². The molecule has 5 heteroatoms. The van der Waals surface area contributed by atoms with Crippen molar-refractivity contribution in [3.63, 3.8) is 0 Å². The molecule has 0 radical (unpaired) electrons. The topological polar surface area (TPSA) is 75.6 Å². The highest BCUT2D eigenvalue weighted by Crippen LogP contribution is 2.39. The van der Waals surface area contributed by atoms with Crippen molar-refractivity contribution < 1.29 is 19.4 Å². The van der Waals surface area contributed by atoms with Gasteiger partial charge in [0, 0.05) is 12.6 Å². The van der Waals surface area contributed by atoms with Gasteiger partial charge in [0.15, 0.2) is 0 Å². The van der Waals surface area contributed by atoms with Crippen LogP contribution < -0.4 is 5.32 Å². The third-order valence-electron chi connectivity index (χ3n) is 4.25. The van der Waals surface area contributed by atoms with Crippen LogP contribution in [0.3, 0.4) is 0 Å². The van der Waals surface area contributed by atoms with Gasteiger partial charge in [0.1, 0.15) is 0 Å². The fourth-order valence-electron chi connectivity index (χ4n) is 2.89.